The van der Waals surface area contributed by atoms with Gasteiger partial charge < -0.3 is 16.0 Å². The van der Waals surface area contributed by atoms with Crippen LogP contribution >= 0.6 is 0 Å². The molecule has 1 rings (SSSR count). The van der Waals surface area contributed by atoms with Crippen molar-refractivity contribution >= 4 is 5.91 Å². The molecule has 16 heavy (non-hydrogen) atoms. The van der Waals surface area contributed by atoms with Crippen LogP contribution in [0.15, 0.2) is 0 Å². The second-order valence-electron chi connectivity index (χ2n) is 5.67. The molecule has 2 unspecified atom stereocenters. The Hall–Kier alpha value is -0.610. The third-order valence-electron chi connectivity index (χ3n) is 2.67. The van der Waals surface area contributed by atoms with E-state index in [1.54, 1.807) is 0 Å². The molecule has 3 N–H and O–H groups in total. The summed E-state index contributed by atoms with van der Waals surface area (Å²) in [5, 5.41) is 9.69. The predicted octanol–water partition coefficient (Wildman–Crippen LogP) is 0.631. The van der Waals surface area contributed by atoms with Crippen LogP contribution < -0.4 is 16.0 Å². The lowest BCUT2D eigenvalue weighted by atomic mass is 10.1. The van der Waals surface area contributed by atoms with E-state index >= 15 is 0 Å². The number of amides is 1. The van der Waals surface area contributed by atoms with Gasteiger partial charge in [-0.15, -0.1) is 0 Å². The molecule has 0 saturated carbocycles. The Morgan fingerprint density at radius 3 is 2.62 bits per heavy atom. The van der Waals surface area contributed by atoms with Crippen LogP contribution in [0.2, 0.25) is 0 Å². The Bertz CT molecular complexity index is 229. The summed E-state index contributed by atoms with van der Waals surface area (Å²) in [7, 11) is 0. The second kappa shape index (κ2) is 5.64. The predicted molar refractivity (Wildman–Crippen MR) is 66.4 cm³/mol. The fourth-order valence-electron chi connectivity index (χ4n) is 1.90. The van der Waals surface area contributed by atoms with Gasteiger partial charge in [0, 0.05) is 18.1 Å². The van der Waals surface area contributed by atoms with Gasteiger partial charge >= 0.3 is 0 Å². The molecule has 1 aliphatic rings. The van der Waals surface area contributed by atoms with E-state index in [1.807, 2.05) is 27.7 Å². The summed E-state index contributed by atoms with van der Waals surface area (Å²) in [6, 6.07) is 0.304. The first-order valence-corrected chi connectivity index (χ1v) is 6.17. The Kier molecular flexibility index (Phi) is 4.74. The van der Waals surface area contributed by atoms with E-state index in [0.29, 0.717) is 6.04 Å². The first-order valence-electron chi connectivity index (χ1n) is 6.17. The number of nitrogens with one attached hydrogen (secondary N) is 3. The van der Waals surface area contributed by atoms with Crippen molar-refractivity contribution in [2.45, 2.75) is 58.2 Å². The zero-order chi connectivity index (χ0) is 12.2. The maximum Gasteiger partial charge on any atom is 0.237 e. The molecule has 0 aliphatic carbocycles. The minimum absolute atomic E-state index is 0.0815. The van der Waals surface area contributed by atoms with Gasteiger partial charge in [0.05, 0.1) is 6.04 Å². The molecule has 1 heterocycles. The van der Waals surface area contributed by atoms with Crippen LogP contribution in [-0.2, 0) is 4.79 Å². The van der Waals surface area contributed by atoms with Gasteiger partial charge in [-0.2, -0.15) is 0 Å². The minimum Gasteiger partial charge on any atom is -0.350 e. The van der Waals surface area contributed by atoms with Crippen molar-refractivity contribution in [3.05, 3.63) is 0 Å². The highest BCUT2D eigenvalue weighted by Gasteiger charge is 2.22. The Labute approximate surface area is 98.6 Å². The molecule has 1 amide bonds. The number of carbonyl (C=O) groups excluding carboxylic acids is 1. The van der Waals surface area contributed by atoms with E-state index in [-0.39, 0.29) is 17.5 Å². The van der Waals surface area contributed by atoms with E-state index in [9.17, 15) is 4.79 Å². The van der Waals surface area contributed by atoms with Gasteiger partial charge in [0.15, 0.2) is 0 Å². The lowest BCUT2D eigenvalue weighted by Gasteiger charge is -2.29. The van der Waals surface area contributed by atoms with Crippen LogP contribution in [0.25, 0.3) is 0 Å². The van der Waals surface area contributed by atoms with Gasteiger partial charge in [0.25, 0.3) is 0 Å². The van der Waals surface area contributed by atoms with Crippen LogP contribution in [0.5, 0.6) is 0 Å². The third kappa shape index (κ3) is 4.94. The Morgan fingerprint density at radius 2 is 2.12 bits per heavy atom. The van der Waals surface area contributed by atoms with Crippen molar-refractivity contribution in [1.82, 2.24) is 16.0 Å². The topological polar surface area (TPSA) is 53.2 Å². The van der Waals surface area contributed by atoms with E-state index in [0.717, 1.165) is 19.5 Å². The SMILES string of the molecule is CC(NC1CCCNC1)C(=O)NC(C)(C)C. The smallest absolute Gasteiger partial charge is 0.237 e. The molecule has 1 fully saturated rings. The van der Waals surface area contributed by atoms with Crippen molar-refractivity contribution in [2.24, 2.45) is 0 Å². The van der Waals surface area contributed by atoms with Crippen LogP contribution in [0.3, 0.4) is 0 Å². The molecule has 0 spiro atoms. The van der Waals surface area contributed by atoms with Crippen LogP contribution in [0, 0.1) is 0 Å². The number of hydrogen-bond acceptors (Lipinski definition) is 3. The normalized spacial score (nSPS) is 23.9. The average molecular weight is 227 g/mol. The lowest BCUT2D eigenvalue weighted by Crippen LogP contribution is -2.54. The highest BCUT2D eigenvalue weighted by molar-refractivity contribution is 5.81. The molecule has 1 saturated heterocycles. The number of rotatable bonds is 3. The first-order chi connectivity index (χ1) is 7.38. The minimum atomic E-state index is -0.155. The number of piperidine rings is 1. The molecule has 4 nitrogen and oxygen atoms in total. The van der Waals surface area contributed by atoms with Crippen molar-refractivity contribution in [1.29, 1.82) is 0 Å². The average Bonchev–Trinajstić information content (AvgIpc) is 2.16. The standard InChI is InChI=1S/C12H25N3O/c1-9(11(16)15-12(2,3)4)14-10-6-5-7-13-8-10/h9-10,13-14H,5-8H2,1-4H3,(H,15,16). The van der Waals surface area contributed by atoms with Crippen molar-refractivity contribution in [3.8, 4) is 0 Å². The van der Waals surface area contributed by atoms with Gasteiger partial charge in [-0.1, -0.05) is 0 Å². The summed E-state index contributed by atoms with van der Waals surface area (Å²) >= 11 is 0. The summed E-state index contributed by atoms with van der Waals surface area (Å²) in [4.78, 5) is 11.8. The monoisotopic (exact) mass is 227 g/mol. The molecular weight excluding hydrogens is 202 g/mol. The number of carbonyl (C=O) groups is 1. The van der Waals surface area contributed by atoms with Crippen LogP contribution in [-0.4, -0.2) is 36.6 Å². The maximum absolute atomic E-state index is 11.8. The maximum atomic E-state index is 11.8. The van der Waals surface area contributed by atoms with E-state index in [2.05, 4.69) is 16.0 Å². The van der Waals surface area contributed by atoms with Gasteiger partial charge in [0.2, 0.25) is 5.91 Å². The molecule has 0 aromatic carbocycles. The van der Waals surface area contributed by atoms with Crippen molar-refractivity contribution in [3.63, 3.8) is 0 Å². The number of hydrogen-bond donors (Lipinski definition) is 3. The fourth-order valence-corrected chi connectivity index (χ4v) is 1.90. The first kappa shape index (κ1) is 13.5. The highest BCUT2D eigenvalue weighted by Crippen LogP contribution is 2.04. The highest BCUT2D eigenvalue weighted by atomic mass is 16.2. The summed E-state index contributed by atoms with van der Waals surface area (Å²) in [5.74, 6) is 0.0815. The molecule has 4 heteroatoms. The molecule has 2 atom stereocenters. The fraction of sp³-hybridized carbons (Fsp3) is 0.917. The lowest BCUT2D eigenvalue weighted by molar-refractivity contribution is -0.124. The second-order valence-corrected chi connectivity index (χ2v) is 5.67. The van der Waals surface area contributed by atoms with E-state index in [1.165, 1.54) is 6.42 Å². The van der Waals surface area contributed by atoms with E-state index in [4.69, 9.17) is 0 Å². The quantitative estimate of drug-likeness (QED) is 0.663. The molecule has 0 radical (unpaired) electrons. The molecule has 0 aromatic rings. The molecule has 94 valence electrons. The Morgan fingerprint density at radius 1 is 1.44 bits per heavy atom. The van der Waals surface area contributed by atoms with Gasteiger partial charge in [-0.3, -0.25) is 4.79 Å². The summed E-state index contributed by atoms with van der Waals surface area (Å²) in [6.07, 6.45) is 2.34. The summed E-state index contributed by atoms with van der Waals surface area (Å²) < 4.78 is 0. The third-order valence-corrected chi connectivity index (χ3v) is 2.67. The molecule has 0 aromatic heterocycles. The van der Waals surface area contributed by atoms with Gasteiger partial charge in [-0.05, 0) is 47.1 Å². The van der Waals surface area contributed by atoms with Gasteiger partial charge in [0.1, 0.15) is 0 Å². The van der Waals surface area contributed by atoms with E-state index < -0.39 is 0 Å². The molecule has 1 aliphatic heterocycles. The molecule has 0 bridgehead atoms. The van der Waals surface area contributed by atoms with Crippen molar-refractivity contribution in [2.75, 3.05) is 13.1 Å². The van der Waals surface area contributed by atoms with Crippen LogP contribution in [0.4, 0.5) is 0 Å². The summed E-state index contributed by atoms with van der Waals surface area (Å²) in [5.41, 5.74) is -0.155. The molecular formula is C12H25N3O. The largest absolute Gasteiger partial charge is 0.350 e. The Balaban J connectivity index is 2.33. The zero-order valence-corrected chi connectivity index (χ0v) is 10.9. The van der Waals surface area contributed by atoms with Crippen LogP contribution in [0.1, 0.15) is 40.5 Å². The zero-order valence-electron chi connectivity index (χ0n) is 10.9. The van der Waals surface area contributed by atoms with Crippen molar-refractivity contribution < 1.29 is 4.79 Å². The van der Waals surface area contributed by atoms with Gasteiger partial charge in [-0.25, -0.2) is 0 Å². The summed E-state index contributed by atoms with van der Waals surface area (Å²) in [6.45, 7) is 9.99.